The molecule has 0 spiro atoms. The third-order valence-corrected chi connectivity index (χ3v) is 6.97. The van der Waals surface area contributed by atoms with E-state index in [1.54, 1.807) is 0 Å². The molecule has 2 bridgehead atoms. The van der Waals surface area contributed by atoms with Gasteiger partial charge in [0.1, 0.15) is 19.0 Å². The number of alkyl halides is 2. The average Bonchev–Trinajstić information content (AvgIpc) is 2.91. The van der Waals surface area contributed by atoms with E-state index in [1.165, 1.54) is 0 Å². The van der Waals surface area contributed by atoms with E-state index in [0.29, 0.717) is 12.8 Å². The van der Waals surface area contributed by atoms with E-state index in [2.05, 4.69) is 16.0 Å². The number of rotatable bonds is 6. The van der Waals surface area contributed by atoms with Crippen LogP contribution in [0.5, 0.6) is 0 Å². The summed E-state index contributed by atoms with van der Waals surface area (Å²) in [5, 5.41) is 8.86. The molecule has 4 saturated carbocycles. The molecule has 6 unspecified atom stereocenters. The Hall–Kier alpha value is -0.960. The van der Waals surface area contributed by atoms with Gasteiger partial charge < -0.3 is 20.1 Å². The summed E-state index contributed by atoms with van der Waals surface area (Å²) in [6, 6.07) is -0.0223. The van der Waals surface area contributed by atoms with Gasteiger partial charge in [-0.05, 0) is 46.0 Å². The largest absolute Gasteiger partial charge is 0.368 e. The zero-order valence-corrected chi connectivity index (χ0v) is 17.1. The molecule has 4 aliphatic carbocycles. The summed E-state index contributed by atoms with van der Waals surface area (Å²) in [5.41, 5.74) is -0.460. The molecule has 2 amide bonds. The van der Waals surface area contributed by atoms with Crippen molar-refractivity contribution in [1.29, 1.82) is 0 Å². The second kappa shape index (κ2) is 7.38. The standard InChI is InChI=1S/C19H29ClFN3O4/c1-10-16(28-11(2)22-10)17(26)24-19-7-18(8-19,9-19)23-15(25)6-27-12-3-4-13(20)14(21)5-12/h10-14,16,22H,3-9H2,1-2H3,(H,23,25)(H,24,26). The highest BCUT2D eigenvalue weighted by atomic mass is 35.5. The fourth-order valence-electron chi connectivity index (χ4n) is 5.23. The van der Waals surface area contributed by atoms with E-state index in [1.807, 2.05) is 13.8 Å². The Kier molecular flexibility index (Phi) is 5.35. The van der Waals surface area contributed by atoms with Gasteiger partial charge >= 0.3 is 0 Å². The van der Waals surface area contributed by atoms with Gasteiger partial charge in [-0.1, -0.05) is 0 Å². The highest BCUT2D eigenvalue weighted by Gasteiger charge is 2.69. The zero-order chi connectivity index (χ0) is 20.1. The highest BCUT2D eigenvalue weighted by Crippen LogP contribution is 2.60. The molecule has 1 saturated heterocycles. The molecule has 5 aliphatic rings. The third kappa shape index (κ3) is 3.88. The molecule has 158 valence electrons. The lowest BCUT2D eigenvalue weighted by atomic mass is 9.44. The SMILES string of the molecule is CC1NC(C)C(C(=O)NC23CC(NC(=O)COC4CCC(Cl)C(F)C4)(C2)C3)O1. The van der Waals surface area contributed by atoms with E-state index in [4.69, 9.17) is 21.1 Å². The van der Waals surface area contributed by atoms with Crippen LogP contribution >= 0.6 is 11.6 Å². The van der Waals surface area contributed by atoms with Gasteiger partial charge in [0, 0.05) is 23.5 Å². The van der Waals surface area contributed by atoms with Crippen LogP contribution < -0.4 is 16.0 Å². The fraction of sp³-hybridized carbons (Fsp3) is 0.895. The van der Waals surface area contributed by atoms with Gasteiger partial charge in [0.2, 0.25) is 5.91 Å². The molecular formula is C19H29ClFN3O4. The predicted octanol–water partition coefficient (Wildman–Crippen LogP) is 1.13. The second-order valence-corrected chi connectivity index (χ2v) is 9.62. The van der Waals surface area contributed by atoms with Gasteiger partial charge in [-0.15, -0.1) is 11.6 Å². The van der Waals surface area contributed by atoms with Crippen molar-refractivity contribution >= 4 is 23.4 Å². The van der Waals surface area contributed by atoms with E-state index >= 15 is 0 Å². The van der Waals surface area contributed by atoms with Gasteiger partial charge in [-0.3, -0.25) is 14.9 Å². The van der Waals surface area contributed by atoms with Crippen LogP contribution in [0.15, 0.2) is 0 Å². The molecule has 9 heteroatoms. The van der Waals surface area contributed by atoms with Crippen LogP contribution in [0.2, 0.25) is 0 Å². The van der Waals surface area contributed by atoms with Crippen LogP contribution in [0.4, 0.5) is 4.39 Å². The van der Waals surface area contributed by atoms with Crippen molar-refractivity contribution in [3.63, 3.8) is 0 Å². The minimum Gasteiger partial charge on any atom is -0.368 e. The van der Waals surface area contributed by atoms with Crippen molar-refractivity contribution in [1.82, 2.24) is 16.0 Å². The van der Waals surface area contributed by atoms with Crippen LogP contribution in [0.1, 0.15) is 52.4 Å². The van der Waals surface area contributed by atoms with Crippen molar-refractivity contribution in [3.8, 4) is 0 Å². The van der Waals surface area contributed by atoms with Gasteiger partial charge in [-0.25, -0.2) is 4.39 Å². The molecule has 0 aromatic heterocycles. The summed E-state index contributed by atoms with van der Waals surface area (Å²) in [6.07, 6.45) is 1.74. The lowest BCUT2D eigenvalue weighted by Gasteiger charge is -2.70. The minimum absolute atomic E-state index is 0.0223. The molecule has 0 aromatic carbocycles. The van der Waals surface area contributed by atoms with Crippen molar-refractivity contribution in [2.45, 2.75) is 99.5 Å². The van der Waals surface area contributed by atoms with E-state index in [9.17, 15) is 14.0 Å². The molecule has 5 fully saturated rings. The Balaban J connectivity index is 1.17. The monoisotopic (exact) mass is 417 g/mol. The Bertz CT molecular complexity index is 631. The van der Waals surface area contributed by atoms with Crippen LogP contribution in [-0.2, 0) is 19.1 Å². The molecule has 1 heterocycles. The number of ether oxygens (including phenoxy) is 2. The summed E-state index contributed by atoms with van der Waals surface area (Å²) in [5.74, 6) is -0.281. The van der Waals surface area contributed by atoms with E-state index < -0.39 is 17.7 Å². The summed E-state index contributed by atoms with van der Waals surface area (Å²) < 4.78 is 24.8. The Morgan fingerprint density at radius 2 is 1.89 bits per heavy atom. The van der Waals surface area contributed by atoms with Crippen molar-refractivity contribution in [2.24, 2.45) is 0 Å². The lowest BCUT2D eigenvalue weighted by Crippen LogP contribution is -2.84. The Labute approximate surface area is 169 Å². The van der Waals surface area contributed by atoms with Gasteiger partial charge in [0.25, 0.3) is 5.91 Å². The number of amides is 2. The molecule has 0 aromatic rings. The molecule has 6 atom stereocenters. The van der Waals surface area contributed by atoms with Crippen LogP contribution in [-0.4, -0.2) is 65.5 Å². The van der Waals surface area contributed by atoms with Gasteiger partial charge in [0.15, 0.2) is 6.10 Å². The Morgan fingerprint density at radius 3 is 2.50 bits per heavy atom. The summed E-state index contributed by atoms with van der Waals surface area (Å²) >= 11 is 5.87. The molecule has 7 nitrogen and oxygen atoms in total. The maximum Gasteiger partial charge on any atom is 0.251 e. The number of nitrogens with one attached hydrogen (secondary N) is 3. The first-order chi connectivity index (χ1) is 13.2. The maximum absolute atomic E-state index is 13.6. The second-order valence-electron chi connectivity index (χ2n) is 9.06. The van der Waals surface area contributed by atoms with E-state index in [0.717, 1.165) is 19.3 Å². The number of hydrogen-bond donors (Lipinski definition) is 3. The molecule has 3 N–H and O–H groups in total. The summed E-state index contributed by atoms with van der Waals surface area (Å²) in [7, 11) is 0. The number of hydrogen-bond acceptors (Lipinski definition) is 5. The molecule has 0 radical (unpaired) electrons. The van der Waals surface area contributed by atoms with Crippen LogP contribution in [0, 0.1) is 0 Å². The average molecular weight is 418 g/mol. The quantitative estimate of drug-likeness (QED) is 0.564. The lowest BCUT2D eigenvalue weighted by molar-refractivity contribution is -0.158. The van der Waals surface area contributed by atoms with E-state index in [-0.39, 0.29) is 54.3 Å². The summed E-state index contributed by atoms with van der Waals surface area (Å²) in [4.78, 5) is 24.7. The minimum atomic E-state index is -1.07. The van der Waals surface area contributed by atoms with Gasteiger partial charge in [0.05, 0.1) is 11.5 Å². The topological polar surface area (TPSA) is 88.7 Å². The smallest absolute Gasteiger partial charge is 0.251 e. The molecule has 5 rings (SSSR count). The molecule has 28 heavy (non-hydrogen) atoms. The summed E-state index contributed by atoms with van der Waals surface area (Å²) in [6.45, 7) is 3.75. The van der Waals surface area contributed by atoms with Crippen molar-refractivity contribution < 1.29 is 23.5 Å². The van der Waals surface area contributed by atoms with Crippen molar-refractivity contribution in [3.05, 3.63) is 0 Å². The number of carbonyl (C=O) groups excluding carboxylic acids is 2. The molecular weight excluding hydrogens is 389 g/mol. The van der Waals surface area contributed by atoms with Crippen molar-refractivity contribution in [2.75, 3.05) is 6.61 Å². The normalized spacial score (nSPS) is 47.0. The predicted molar refractivity (Wildman–Crippen MR) is 101 cm³/mol. The zero-order valence-electron chi connectivity index (χ0n) is 16.3. The Morgan fingerprint density at radius 1 is 1.21 bits per heavy atom. The molecule has 1 aliphatic heterocycles. The number of halogens is 2. The highest BCUT2D eigenvalue weighted by molar-refractivity contribution is 6.21. The van der Waals surface area contributed by atoms with Crippen LogP contribution in [0.3, 0.4) is 0 Å². The first kappa shape index (κ1) is 20.3. The first-order valence-electron chi connectivity index (χ1n) is 10.1. The third-order valence-electron chi connectivity index (χ3n) is 6.48. The maximum atomic E-state index is 13.6. The first-order valence-corrected chi connectivity index (χ1v) is 10.6. The van der Waals surface area contributed by atoms with Crippen LogP contribution in [0.25, 0.3) is 0 Å². The van der Waals surface area contributed by atoms with Gasteiger partial charge in [-0.2, -0.15) is 0 Å². The number of carbonyl (C=O) groups is 2. The fourth-order valence-corrected chi connectivity index (χ4v) is 5.46.